The number of hydrogen-bond donors (Lipinski definition) is 0. The zero-order valence-electron chi connectivity index (χ0n) is 24.8. The van der Waals surface area contributed by atoms with E-state index in [9.17, 15) is 18.0 Å². The molecule has 1 aliphatic rings. The summed E-state index contributed by atoms with van der Waals surface area (Å²) in [6, 6.07) is 9.08. The van der Waals surface area contributed by atoms with Crippen molar-refractivity contribution in [2.45, 2.75) is 51.7 Å². The van der Waals surface area contributed by atoms with E-state index in [0.717, 1.165) is 5.56 Å². The van der Waals surface area contributed by atoms with E-state index in [1.807, 2.05) is 19.1 Å². The number of benzene rings is 1. The van der Waals surface area contributed by atoms with E-state index in [0.29, 0.717) is 53.8 Å². The molecule has 1 aromatic carbocycles. The Kier molecular flexibility index (Phi) is 10.7. The number of thiazole rings is 1. The molecule has 0 saturated heterocycles. The van der Waals surface area contributed by atoms with Crippen molar-refractivity contribution in [3.05, 3.63) is 59.0 Å². The molecule has 10 nitrogen and oxygen atoms in total. The minimum atomic E-state index is -3.75. The third-order valence-corrected chi connectivity index (χ3v) is 10.7. The number of anilines is 2. The van der Waals surface area contributed by atoms with Crippen LogP contribution in [0.3, 0.4) is 0 Å². The summed E-state index contributed by atoms with van der Waals surface area (Å²) in [5.74, 6) is -0.00608. The van der Waals surface area contributed by atoms with E-state index in [-0.39, 0.29) is 41.6 Å². The van der Waals surface area contributed by atoms with E-state index >= 15 is 0 Å². The van der Waals surface area contributed by atoms with Crippen LogP contribution in [0, 0.1) is 19.3 Å². The van der Waals surface area contributed by atoms with Crippen molar-refractivity contribution in [1.29, 1.82) is 0 Å². The van der Waals surface area contributed by atoms with Crippen molar-refractivity contribution in [2.75, 3.05) is 43.1 Å². The number of hydrogen-bond acceptors (Lipinski definition) is 8. The van der Waals surface area contributed by atoms with Crippen molar-refractivity contribution in [1.82, 2.24) is 14.3 Å². The standard InChI is InChI=1S/C29H37N5O5S2.ClH/c1-7-34-24-12-11-23(18-25(24)32(6)27(35)29(4,5)28(34)36)39-17-9-15-33(16-13-22-10-8-14-30-19-22)41(37,38)26-20(2)31-21(3)40-26;/h8,10-12,14,18-19H,7,9,13,15-17H2,1-6H3;1H. The molecule has 0 radical (unpaired) electrons. The first-order valence-corrected chi connectivity index (χ1v) is 15.8. The number of aryl methyl sites for hydroxylation is 2. The second-order valence-corrected chi connectivity index (χ2v) is 13.8. The van der Waals surface area contributed by atoms with Gasteiger partial charge in [0.1, 0.15) is 11.2 Å². The molecule has 0 aliphatic carbocycles. The van der Waals surface area contributed by atoms with Crippen LogP contribution in [0.2, 0.25) is 0 Å². The summed E-state index contributed by atoms with van der Waals surface area (Å²) in [4.78, 5) is 37.8. The van der Waals surface area contributed by atoms with Gasteiger partial charge in [0.15, 0.2) is 4.21 Å². The number of halogens is 1. The van der Waals surface area contributed by atoms with Gasteiger partial charge in [-0.15, -0.1) is 23.7 Å². The van der Waals surface area contributed by atoms with E-state index < -0.39 is 15.4 Å². The molecule has 0 saturated carbocycles. The van der Waals surface area contributed by atoms with Gasteiger partial charge < -0.3 is 14.5 Å². The van der Waals surface area contributed by atoms with Crippen LogP contribution in [0.5, 0.6) is 5.75 Å². The number of aromatic nitrogens is 2. The molecule has 3 heterocycles. The number of amides is 2. The fraction of sp³-hybridized carbons (Fsp3) is 0.448. The molecule has 3 aromatic rings. The highest BCUT2D eigenvalue weighted by atomic mass is 35.5. The Bertz CT molecular complexity index is 1530. The number of nitrogens with zero attached hydrogens (tertiary/aromatic N) is 5. The van der Waals surface area contributed by atoms with Gasteiger partial charge in [-0.05, 0) is 71.2 Å². The summed E-state index contributed by atoms with van der Waals surface area (Å²) in [5.41, 5.74) is 1.50. The Morgan fingerprint density at radius 2 is 1.81 bits per heavy atom. The van der Waals surface area contributed by atoms with Crippen molar-refractivity contribution >= 4 is 57.0 Å². The van der Waals surface area contributed by atoms with E-state index in [4.69, 9.17) is 4.74 Å². The molecular formula is C29H38ClN5O5S2. The van der Waals surface area contributed by atoms with Crippen LogP contribution in [-0.2, 0) is 26.0 Å². The van der Waals surface area contributed by atoms with Crippen molar-refractivity contribution in [3.8, 4) is 5.75 Å². The number of pyridine rings is 1. The molecule has 42 heavy (non-hydrogen) atoms. The van der Waals surface area contributed by atoms with Crippen molar-refractivity contribution in [2.24, 2.45) is 5.41 Å². The van der Waals surface area contributed by atoms with Gasteiger partial charge in [-0.1, -0.05) is 6.07 Å². The lowest BCUT2D eigenvalue weighted by atomic mass is 9.90. The number of carbonyl (C=O) groups is 2. The van der Waals surface area contributed by atoms with Crippen LogP contribution in [0.1, 0.15) is 43.5 Å². The topological polar surface area (TPSA) is 113 Å². The maximum Gasteiger partial charge on any atom is 0.254 e. The Labute approximate surface area is 258 Å². The van der Waals surface area contributed by atoms with Gasteiger partial charge in [0.05, 0.1) is 28.7 Å². The predicted octanol–water partition coefficient (Wildman–Crippen LogP) is 4.63. The van der Waals surface area contributed by atoms with Crippen LogP contribution in [0.4, 0.5) is 11.4 Å². The molecule has 0 N–H and O–H groups in total. The Morgan fingerprint density at radius 3 is 2.43 bits per heavy atom. The molecule has 228 valence electrons. The first-order valence-electron chi connectivity index (χ1n) is 13.6. The summed E-state index contributed by atoms with van der Waals surface area (Å²) in [6.07, 6.45) is 4.40. The number of fused-ring (bicyclic) bond motifs is 1. The van der Waals surface area contributed by atoms with Gasteiger partial charge in [0.2, 0.25) is 11.8 Å². The molecule has 0 bridgehead atoms. The lowest BCUT2D eigenvalue weighted by Crippen LogP contribution is -2.47. The lowest BCUT2D eigenvalue weighted by molar-refractivity contribution is -0.137. The molecular weight excluding hydrogens is 598 g/mol. The number of ether oxygens (including phenoxy) is 1. The summed E-state index contributed by atoms with van der Waals surface area (Å²) >= 11 is 1.18. The molecule has 2 aromatic heterocycles. The second-order valence-electron chi connectivity index (χ2n) is 10.5. The predicted molar refractivity (Wildman–Crippen MR) is 167 cm³/mol. The Morgan fingerprint density at radius 1 is 1.07 bits per heavy atom. The Balaban J connectivity index is 0.00000484. The van der Waals surface area contributed by atoms with Crippen LogP contribution < -0.4 is 14.5 Å². The summed E-state index contributed by atoms with van der Waals surface area (Å²) in [6.45, 7) is 9.92. The fourth-order valence-electron chi connectivity index (χ4n) is 4.92. The minimum absolute atomic E-state index is 0. The van der Waals surface area contributed by atoms with E-state index in [1.54, 1.807) is 70.2 Å². The molecule has 13 heteroatoms. The van der Waals surface area contributed by atoms with Crippen molar-refractivity contribution < 1.29 is 22.7 Å². The summed E-state index contributed by atoms with van der Waals surface area (Å²) < 4.78 is 35.0. The average molecular weight is 636 g/mol. The van der Waals surface area contributed by atoms with E-state index in [1.165, 1.54) is 20.5 Å². The van der Waals surface area contributed by atoms with Gasteiger partial charge in [0.25, 0.3) is 10.0 Å². The summed E-state index contributed by atoms with van der Waals surface area (Å²) in [5, 5.41) is 0.704. The van der Waals surface area contributed by atoms with Gasteiger partial charge in [-0.2, -0.15) is 4.31 Å². The number of rotatable bonds is 11. The first kappa shape index (κ1) is 33.4. The molecule has 0 fully saturated rings. The van der Waals surface area contributed by atoms with Crippen molar-refractivity contribution in [3.63, 3.8) is 0 Å². The highest BCUT2D eigenvalue weighted by Crippen LogP contribution is 2.40. The van der Waals surface area contributed by atoms with Gasteiger partial charge >= 0.3 is 0 Å². The normalized spacial score (nSPS) is 14.9. The number of sulfonamides is 1. The molecule has 0 spiro atoms. The van der Waals surface area contributed by atoms with Crippen LogP contribution >= 0.6 is 23.7 Å². The maximum atomic E-state index is 13.6. The van der Waals surface area contributed by atoms with Gasteiger partial charge in [-0.3, -0.25) is 14.6 Å². The average Bonchev–Trinajstić information content (AvgIpc) is 3.29. The second kappa shape index (κ2) is 13.5. The first-order chi connectivity index (χ1) is 19.4. The maximum absolute atomic E-state index is 13.6. The largest absolute Gasteiger partial charge is 0.493 e. The summed E-state index contributed by atoms with van der Waals surface area (Å²) in [7, 11) is -2.09. The monoisotopic (exact) mass is 635 g/mol. The number of carbonyl (C=O) groups excluding carboxylic acids is 2. The Hall–Kier alpha value is -3.06. The van der Waals surface area contributed by atoms with Gasteiger partial charge in [0, 0.05) is 45.1 Å². The molecule has 0 atom stereocenters. The molecule has 2 amide bonds. The van der Waals surface area contributed by atoms with Crippen LogP contribution in [0.25, 0.3) is 0 Å². The zero-order chi connectivity index (χ0) is 29.9. The van der Waals surface area contributed by atoms with Gasteiger partial charge in [-0.25, -0.2) is 13.4 Å². The third-order valence-electron chi connectivity index (χ3n) is 7.16. The quantitative estimate of drug-likeness (QED) is 0.223. The molecule has 1 aliphatic heterocycles. The lowest BCUT2D eigenvalue weighted by Gasteiger charge is -2.27. The SMILES string of the molecule is CCN1C(=O)C(C)(C)C(=O)N(C)c2cc(OCCCN(CCc3cccnc3)S(=O)(=O)c3sc(C)nc3C)ccc21.Cl. The highest BCUT2D eigenvalue weighted by molar-refractivity contribution is 7.91. The van der Waals surface area contributed by atoms with E-state index in [2.05, 4.69) is 9.97 Å². The molecule has 0 unspecified atom stereocenters. The molecule has 4 rings (SSSR count). The van der Waals surface area contributed by atoms with Crippen LogP contribution in [0.15, 0.2) is 46.9 Å². The zero-order valence-corrected chi connectivity index (χ0v) is 27.2. The minimum Gasteiger partial charge on any atom is -0.493 e. The smallest absolute Gasteiger partial charge is 0.254 e. The fourth-order valence-corrected chi connectivity index (χ4v) is 8.02. The highest BCUT2D eigenvalue weighted by Gasteiger charge is 2.45. The third kappa shape index (κ3) is 6.77. The van der Waals surface area contributed by atoms with Crippen LogP contribution in [-0.4, -0.2) is 67.8 Å².